The van der Waals surface area contributed by atoms with Gasteiger partial charge in [-0.05, 0) is 10.8 Å². The van der Waals surface area contributed by atoms with Crippen molar-refractivity contribution in [3.8, 4) is 0 Å². The molecule has 1 aliphatic carbocycles. The molecule has 1 aliphatic rings. The fraction of sp³-hybridized carbons (Fsp3) is 0.900. The Morgan fingerprint density at radius 3 is 2.08 bits per heavy atom. The number of halogens is 1. The fourth-order valence-corrected chi connectivity index (χ4v) is 2.32. The van der Waals surface area contributed by atoms with E-state index in [1.165, 1.54) is 0 Å². The van der Waals surface area contributed by atoms with Crippen molar-refractivity contribution in [3.63, 3.8) is 0 Å². The average molecular weight is 248 g/mol. The summed E-state index contributed by atoms with van der Waals surface area (Å²) in [7, 11) is 0. The summed E-state index contributed by atoms with van der Waals surface area (Å²) in [5.41, 5.74) is 0.312. The number of amides is 1. The molecule has 3 heteroatoms. The summed E-state index contributed by atoms with van der Waals surface area (Å²) in [6, 6.07) is 0. The molecule has 1 N–H and O–H groups in total. The highest BCUT2D eigenvalue weighted by Crippen LogP contribution is 2.68. The van der Waals surface area contributed by atoms with Crippen LogP contribution in [0.5, 0.6) is 0 Å². The third kappa shape index (κ3) is 1.63. The van der Waals surface area contributed by atoms with Crippen LogP contribution in [0.3, 0.4) is 0 Å². The number of alkyl halides is 1. The summed E-state index contributed by atoms with van der Waals surface area (Å²) in [5.74, 6) is 0.383. The predicted molar refractivity (Wildman–Crippen MR) is 57.9 cm³/mol. The van der Waals surface area contributed by atoms with Crippen LogP contribution in [-0.4, -0.2) is 17.8 Å². The molecule has 2 nitrogen and oxygen atoms in total. The lowest BCUT2D eigenvalue weighted by atomic mass is 10.0. The maximum absolute atomic E-state index is 11.7. The standard InChI is InChI=1S/C10H18BrNO/c1-9(2)7(10(9,3)4)8(13)12-6-5-11/h7H,5-6H2,1-4H3,(H,12,13). The lowest BCUT2D eigenvalue weighted by molar-refractivity contribution is -0.123. The highest BCUT2D eigenvalue weighted by atomic mass is 79.9. The molecule has 0 aromatic heterocycles. The van der Waals surface area contributed by atoms with E-state index in [-0.39, 0.29) is 22.7 Å². The fourth-order valence-electron chi connectivity index (χ4n) is 2.12. The van der Waals surface area contributed by atoms with Gasteiger partial charge in [-0.1, -0.05) is 43.6 Å². The van der Waals surface area contributed by atoms with Gasteiger partial charge in [0.15, 0.2) is 0 Å². The van der Waals surface area contributed by atoms with Crippen molar-refractivity contribution in [2.24, 2.45) is 16.7 Å². The molecule has 0 atom stereocenters. The molecule has 0 radical (unpaired) electrons. The minimum Gasteiger partial charge on any atom is -0.355 e. The predicted octanol–water partition coefficient (Wildman–Crippen LogP) is 2.18. The van der Waals surface area contributed by atoms with Crippen molar-refractivity contribution in [1.29, 1.82) is 0 Å². The van der Waals surface area contributed by atoms with E-state index in [1.807, 2.05) is 0 Å². The molecule has 0 spiro atoms. The van der Waals surface area contributed by atoms with Crippen molar-refractivity contribution in [3.05, 3.63) is 0 Å². The van der Waals surface area contributed by atoms with E-state index in [2.05, 4.69) is 48.9 Å². The molecule has 1 fully saturated rings. The molecule has 1 amide bonds. The van der Waals surface area contributed by atoms with Crippen LogP contribution in [-0.2, 0) is 4.79 Å². The van der Waals surface area contributed by atoms with Gasteiger partial charge in [0.25, 0.3) is 0 Å². The van der Waals surface area contributed by atoms with Gasteiger partial charge in [-0.2, -0.15) is 0 Å². The molecule has 0 aliphatic heterocycles. The molecule has 1 saturated carbocycles. The molecular weight excluding hydrogens is 230 g/mol. The Bertz CT molecular complexity index is 209. The number of rotatable bonds is 3. The molecule has 0 aromatic carbocycles. The third-order valence-electron chi connectivity index (χ3n) is 3.68. The summed E-state index contributed by atoms with van der Waals surface area (Å²) < 4.78 is 0. The molecule has 0 unspecified atom stereocenters. The smallest absolute Gasteiger partial charge is 0.224 e. The Balaban J connectivity index is 2.53. The van der Waals surface area contributed by atoms with Gasteiger partial charge < -0.3 is 5.32 Å². The highest BCUT2D eigenvalue weighted by Gasteiger charge is 2.68. The number of hydrogen-bond acceptors (Lipinski definition) is 1. The molecule has 0 bridgehead atoms. The van der Waals surface area contributed by atoms with Crippen LogP contribution in [0.15, 0.2) is 0 Å². The number of hydrogen-bond donors (Lipinski definition) is 1. The summed E-state index contributed by atoms with van der Waals surface area (Å²) in [6.45, 7) is 9.36. The minimum absolute atomic E-state index is 0.156. The first kappa shape index (κ1) is 11.0. The van der Waals surface area contributed by atoms with E-state index in [0.717, 1.165) is 11.9 Å². The van der Waals surface area contributed by atoms with Crippen LogP contribution in [0.2, 0.25) is 0 Å². The van der Waals surface area contributed by atoms with Crippen LogP contribution in [0.25, 0.3) is 0 Å². The molecule has 1 rings (SSSR count). The summed E-state index contributed by atoms with van der Waals surface area (Å²) in [4.78, 5) is 11.7. The Labute approximate surface area is 88.6 Å². The van der Waals surface area contributed by atoms with Crippen molar-refractivity contribution < 1.29 is 4.79 Å². The lowest BCUT2D eigenvalue weighted by Crippen LogP contribution is -2.28. The second kappa shape index (κ2) is 3.26. The van der Waals surface area contributed by atoms with Crippen LogP contribution < -0.4 is 5.32 Å². The summed E-state index contributed by atoms with van der Waals surface area (Å²) in [6.07, 6.45) is 0. The second-order valence-corrected chi connectivity index (χ2v) is 5.65. The van der Waals surface area contributed by atoms with Crippen molar-refractivity contribution in [1.82, 2.24) is 5.32 Å². The Kier molecular flexibility index (Phi) is 2.77. The molecule has 13 heavy (non-hydrogen) atoms. The van der Waals surface area contributed by atoms with Gasteiger partial charge in [-0.15, -0.1) is 0 Å². The monoisotopic (exact) mass is 247 g/mol. The highest BCUT2D eigenvalue weighted by molar-refractivity contribution is 9.09. The summed E-state index contributed by atoms with van der Waals surface area (Å²) >= 11 is 3.29. The van der Waals surface area contributed by atoms with E-state index >= 15 is 0 Å². The van der Waals surface area contributed by atoms with Gasteiger partial charge in [0.05, 0.1) is 0 Å². The normalized spacial score (nSPS) is 24.1. The molecular formula is C10H18BrNO. The van der Waals surface area contributed by atoms with Crippen LogP contribution in [0.4, 0.5) is 0 Å². The van der Waals surface area contributed by atoms with Gasteiger partial charge in [-0.25, -0.2) is 0 Å². The van der Waals surface area contributed by atoms with E-state index in [9.17, 15) is 4.79 Å². The first-order chi connectivity index (χ1) is 5.85. The molecule has 76 valence electrons. The third-order valence-corrected chi connectivity index (χ3v) is 4.07. The maximum atomic E-state index is 11.7. The molecule has 0 heterocycles. The SMILES string of the molecule is CC1(C)C(C(=O)NCCBr)C1(C)C. The van der Waals surface area contributed by atoms with Gasteiger partial charge in [0, 0.05) is 17.8 Å². The minimum atomic E-state index is 0.156. The van der Waals surface area contributed by atoms with Gasteiger partial charge >= 0.3 is 0 Å². The molecule has 0 saturated heterocycles. The maximum Gasteiger partial charge on any atom is 0.224 e. The van der Waals surface area contributed by atoms with Crippen molar-refractivity contribution >= 4 is 21.8 Å². The van der Waals surface area contributed by atoms with Crippen LogP contribution in [0, 0.1) is 16.7 Å². The van der Waals surface area contributed by atoms with E-state index in [4.69, 9.17) is 0 Å². The van der Waals surface area contributed by atoms with Crippen molar-refractivity contribution in [2.45, 2.75) is 27.7 Å². The first-order valence-corrected chi connectivity index (χ1v) is 5.81. The average Bonchev–Trinajstić information content (AvgIpc) is 2.39. The number of nitrogens with one attached hydrogen (secondary N) is 1. The quantitative estimate of drug-likeness (QED) is 0.762. The Morgan fingerprint density at radius 2 is 1.77 bits per heavy atom. The summed E-state index contributed by atoms with van der Waals surface area (Å²) in [5, 5.41) is 3.75. The zero-order valence-electron chi connectivity index (χ0n) is 8.78. The molecule has 0 aromatic rings. The number of carbonyl (C=O) groups is 1. The lowest BCUT2D eigenvalue weighted by Gasteiger charge is -2.03. The van der Waals surface area contributed by atoms with Gasteiger partial charge in [0.2, 0.25) is 5.91 Å². The van der Waals surface area contributed by atoms with E-state index in [1.54, 1.807) is 0 Å². The van der Waals surface area contributed by atoms with E-state index in [0.29, 0.717) is 0 Å². The van der Waals surface area contributed by atoms with Crippen LogP contribution in [0.1, 0.15) is 27.7 Å². The largest absolute Gasteiger partial charge is 0.355 e. The van der Waals surface area contributed by atoms with Crippen LogP contribution >= 0.6 is 15.9 Å². The van der Waals surface area contributed by atoms with E-state index < -0.39 is 0 Å². The second-order valence-electron chi connectivity index (χ2n) is 4.86. The first-order valence-electron chi connectivity index (χ1n) is 4.69. The zero-order valence-corrected chi connectivity index (χ0v) is 10.4. The van der Waals surface area contributed by atoms with Gasteiger partial charge in [-0.3, -0.25) is 4.79 Å². The van der Waals surface area contributed by atoms with Gasteiger partial charge in [0.1, 0.15) is 0 Å². The Morgan fingerprint density at radius 1 is 1.31 bits per heavy atom. The van der Waals surface area contributed by atoms with Crippen molar-refractivity contribution in [2.75, 3.05) is 11.9 Å². The Hall–Kier alpha value is -0.0500. The number of carbonyl (C=O) groups excluding carboxylic acids is 1. The zero-order chi connectivity index (χ0) is 10.3. The topological polar surface area (TPSA) is 29.1 Å².